The normalized spacial score (nSPS) is 14.2. The van der Waals surface area contributed by atoms with Crippen molar-refractivity contribution in [1.82, 2.24) is 15.5 Å². The molecule has 1 aliphatic heterocycles. The Morgan fingerprint density at radius 1 is 0.861 bits per heavy atom. The maximum Gasteiger partial charge on any atom is 0.315 e. The predicted octanol–water partition coefficient (Wildman–Crippen LogP) is 5.50. The molecule has 2 N–H and O–H groups in total. The Hall–Kier alpha value is -3.83. The maximum atomic E-state index is 12.9. The zero-order valence-electron chi connectivity index (χ0n) is 21.1. The lowest BCUT2D eigenvalue weighted by Gasteiger charge is -2.36. The van der Waals surface area contributed by atoms with Gasteiger partial charge in [-0.2, -0.15) is 0 Å². The van der Waals surface area contributed by atoms with Gasteiger partial charge in [0.2, 0.25) is 0 Å². The van der Waals surface area contributed by atoms with Crippen LogP contribution in [0, 0.1) is 0 Å². The lowest BCUT2D eigenvalue weighted by atomic mass is 9.96. The third-order valence-electron chi connectivity index (χ3n) is 7.17. The number of nitrogens with zero attached hydrogens (tertiary/aromatic N) is 2. The average molecular weight is 479 g/mol. The van der Waals surface area contributed by atoms with Crippen LogP contribution in [0.2, 0.25) is 0 Å². The second-order valence-corrected chi connectivity index (χ2v) is 9.69. The van der Waals surface area contributed by atoms with E-state index in [4.69, 9.17) is 0 Å². The smallest absolute Gasteiger partial charge is 0.315 e. The van der Waals surface area contributed by atoms with E-state index >= 15 is 0 Å². The molecule has 0 fully saturated rings. The van der Waals surface area contributed by atoms with Crippen LogP contribution in [0.4, 0.5) is 10.5 Å². The molecule has 1 aliphatic rings. The van der Waals surface area contributed by atoms with Crippen LogP contribution in [0.5, 0.6) is 0 Å². The molecule has 5 nitrogen and oxygen atoms in total. The number of rotatable bonds is 7. The Morgan fingerprint density at radius 3 is 2.39 bits per heavy atom. The third kappa shape index (κ3) is 5.37. The number of hydrogen-bond donors (Lipinski definition) is 2. The molecule has 184 valence electrons. The molecule has 1 heterocycles. The van der Waals surface area contributed by atoms with Crippen LogP contribution in [0.25, 0.3) is 10.8 Å². The molecule has 36 heavy (non-hydrogen) atoms. The minimum atomic E-state index is -0.143. The molecule has 5 rings (SSSR count). The van der Waals surface area contributed by atoms with Crippen molar-refractivity contribution in [3.8, 4) is 0 Å². The van der Waals surface area contributed by atoms with Crippen molar-refractivity contribution >= 4 is 22.5 Å². The Bertz CT molecular complexity index is 1330. The fraction of sp³-hybridized carbons (Fsp3) is 0.258. The van der Waals surface area contributed by atoms with Gasteiger partial charge in [-0.25, -0.2) is 4.79 Å². The fourth-order valence-electron chi connectivity index (χ4n) is 5.11. The van der Waals surface area contributed by atoms with E-state index in [9.17, 15) is 4.79 Å². The molecule has 0 spiro atoms. The first-order valence-corrected chi connectivity index (χ1v) is 12.6. The highest BCUT2D eigenvalue weighted by atomic mass is 16.2. The van der Waals surface area contributed by atoms with E-state index in [2.05, 4.69) is 107 Å². The van der Waals surface area contributed by atoms with Gasteiger partial charge in [0.05, 0.1) is 6.04 Å². The van der Waals surface area contributed by atoms with Crippen LogP contribution in [0.15, 0.2) is 91.0 Å². The van der Waals surface area contributed by atoms with Crippen molar-refractivity contribution in [2.45, 2.75) is 25.6 Å². The number of benzene rings is 4. The summed E-state index contributed by atoms with van der Waals surface area (Å²) >= 11 is 0. The number of anilines is 1. The highest BCUT2D eigenvalue weighted by molar-refractivity contribution is 5.86. The largest absolute Gasteiger partial charge is 0.378 e. The topological polar surface area (TPSA) is 47.6 Å². The number of amides is 2. The van der Waals surface area contributed by atoms with E-state index in [0.717, 1.165) is 25.1 Å². The highest BCUT2D eigenvalue weighted by Crippen LogP contribution is 2.29. The minimum absolute atomic E-state index is 0.0953. The molecule has 1 atom stereocenters. The monoisotopic (exact) mass is 478 g/mol. The standard InChI is InChI=1S/C31H34N4O/c1-34(2)28-16-14-25(15-17-28)30(35-19-18-23-8-3-4-10-27(23)22-35)21-33-31(36)32-20-26-12-7-11-24-9-5-6-13-29(24)26/h3-17,30H,18-22H2,1-2H3,(H2,32,33,36). The first-order valence-electron chi connectivity index (χ1n) is 12.6. The van der Waals surface area contributed by atoms with Gasteiger partial charge >= 0.3 is 6.03 Å². The molecule has 0 radical (unpaired) electrons. The molecule has 4 aromatic rings. The van der Waals surface area contributed by atoms with Crippen molar-refractivity contribution in [2.75, 3.05) is 32.1 Å². The number of hydrogen-bond acceptors (Lipinski definition) is 3. The van der Waals surface area contributed by atoms with Crippen molar-refractivity contribution in [3.63, 3.8) is 0 Å². The van der Waals surface area contributed by atoms with Gasteiger partial charge < -0.3 is 15.5 Å². The lowest BCUT2D eigenvalue weighted by molar-refractivity contribution is 0.174. The van der Waals surface area contributed by atoms with Crippen LogP contribution in [0.1, 0.15) is 28.3 Å². The molecular formula is C31H34N4O. The first kappa shape index (κ1) is 23.9. The summed E-state index contributed by atoms with van der Waals surface area (Å²) in [5.74, 6) is 0. The SMILES string of the molecule is CN(C)c1ccc(C(CNC(=O)NCc2cccc3ccccc23)N2CCc3ccccc3C2)cc1. The minimum Gasteiger partial charge on any atom is -0.378 e. The van der Waals surface area contributed by atoms with Crippen LogP contribution in [0.3, 0.4) is 0 Å². The Labute approximate surface area is 213 Å². The number of nitrogens with one attached hydrogen (secondary N) is 2. The Balaban J connectivity index is 1.28. The van der Waals surface area contributed by atoms with Crippen LogP contribution in [-0.2, 0) is 19.5 Å². The average Bonchev–Trinajstić information content (AvgIpc) is 2.92. The highest BCUT2D eigenvalue weighted by Gasteiger charge is 2.25. The first-order chi connectivity index (χ1) is 17.6. The molecule has 0 saturated carbocycles. The van der Waals surface area contributed by atoms with Gasteiger partial charge in [-0.15, -0.1) is 0 Å². The van der Waals surface area contributed by atoms with E-state index in [1.807, 2.05) is 18.2 Å². The summed E-state index contributed by atoms with van der Waals surface area (Å²) in [6, 6.07) is 31.8. The van der Waals surface area contributed by atoms with E-state index < -0.39 is 0 Å². The van der Waals surface area contributed by atoms with Crippen molar-refractivity contribution in [1.29, 1.82) is 0 Å². The second kappa shape index (κ2) is 10.8. The predicted molar refractivity (Wildman–Crippen MR) is 148 cm³/mol. The lowest BCUT2D eigenvalue weighted by Crippen LogP contribution is -2.43. The molecule has 0 bridgehead atoms. The number of urea groups is 1. The number of fused-ring (bicyclic) bond motifs is 2. The number of carbonyl (C=O) groups is 1. The summed E-state index contributed by atoms with van der Waals surface area (Å²) in [6.45, 7) is 2.89. The number of carbonyl (C=O) groups excluding carboxylic acids is 1. The Morgan fingerprint density at radius 2 is 1.58 bits per heavy atom. The maximum absolute atomic E-state index is 12.9. The van der Waals surface area contributed by atoms with E-state index in [0.29, 0.717) is 13.1 Å². The van der Waals surface area contributed by atoms with Crippen LogP contribution >= 0.6 is 0 Å². The zero-order chi connectivity index (χ0) is 24.9. The molecule has 1 unspecified atom stereocenters. The zero-order valence-corrected chi connectivity index (χ0v) is 21.1. The molecule has 5 heteroatoms. The third-order valence-corrected chi connectivity index (χ3v) is 7.17. The summed E-state index contributed by atoms with van der Waals surface area (Å²) in [5.41, 5.74) is 6.30. The summed E-state index contributed by atoms with van der Waals surface area (Å²) in [4.78, 5) is 17.5. The quantitative estimate of drug-likeness (QED) is 0.369. The van der Waals surface area contributed by atoms with Gasteiger partial charge in [-0.3, -0.25) is 4.90 Å². The molecule has 0 aromatic heterocycles. The fourth-order valence-corrected chi connectivity index (χ4v) is 5.11. The summed E-state index contributed by atoms with van der Waals surface area (Å²) in [6.07, 6.45) is 1.02. The van der Waals surface area contributed by atoms with Crippen LogP contribution < -0.4 is 15.5 Å². The summed E-state index contributed by atoms with van der Waals surface area (Å²) < 4.78 is 0. The van der Waals surface area contributed by atoms with Gasteiger partial charge in [-0.05, 0) is 51.6 Å². The molecule has 2 amide bonds. The van der Waals surface area contributed by atoms with Crippen molar-refractivity contribution < 1.29 is 4.79 Å². The summed E-state index contributed by atoms with van der Waals surface area (Å²) in [5, 5.41) is 8.58. The van der Waals surface area contributed by atoms with Gasteiger partial charge in [-0.1, -0.05) is 78.9 Å². The van der Waals surface area contributed by atoms with E-state index in [-0.39, 0.29) is 12.1 Å². The van der Waals surface area contributed by atoms with Gasteiger partial charge in [0, 0.05) is 46.0 Å². The second-order valence-electron chi connectivity index (χ2n) is 9.69. The molecule has 4 aromatic carbocycles. The Kier molecular flexibility index (Phi) is 7.19. The van der Waals surface area contributed by atoms with Gasteiger partial charge in [0.1, 0.15) is 0 Å². The molecule has 0 aliphatic carbocycles. The summed E-state index contributed by atoms with van der Waals surface area (Å²) in [7, 11) is 4.10. The molecule has 0 saturated heterocycles. The van der Waals surface area contributed by atoms with E-state index in [1.165, 1.54) is 33.2 Å². The van der Waals surface area contributed by atoms with Gasteiger partial charge in [0.15, 0.2) is 0 Å². The van der Waals surface area contributed by atoms with Gasteiger partial charge in [0.25, 0.3) is 0 Å². The van der Waals surface area contributed by atoms with Crippen molar-refractivity contribution in [3.05, 3.63) is 113 Å². The van der Waals surface area contributed by atoms with E-state index in [1.54, 1.807) is 0 Å². The van der Waals surface area contributed by atoms with Crippen LogP contribution in [-0.4, -0.2) is 38.1 Å². The van der Waals surface area contributed by atoms with Crippen molar-refractivity contribution in [2.24, 2.45) is 0 Å². The molecular weight excluding hydrogens is 444 g/mol.